The van der Waals surface area contributed by atoms with Crippen LogP contribution in [0.4, 0.5) is 5.69 Å². The van der Waals surface area contributed by atoms with Crippen molar-refractivity contribution in [2.75, 3.05) is 31.5 Å². The van der Waals surface area contributed by atoms with Crippen molar-refractivity contribution in [2.24, 2.45) is 0 Å². The average Bonchev–Trinajstić information content (AvgIpc) is 2.82. The van der Waals surface area contributed by atoms with Gasteiger partial charge >= 0.3 is 0 Å². The van der Waals surface area contributed by atoms with Crippen molar-refractivity contribution in [3.05, 3.63) is 102 Å². The number of nitrogens with one attached hydrogen (secondary N) is 1. The first-order valence-corrected chi connectivity index (χ1v) is 11.1. The van der Waals surface area contributed by atoms with E-state index in [0.717, 1.165) is 37.4 Å². The quantitative estimate of drug-likeness (QED) is 0.644. The van der Waals surface area contributed by atoms with Crippen molar-refractivity contribution in [2.45, 2.75) is 19.4 Å². The summed E-state index contributed by atoms with van der Waals surface area (Å²) in [6, 6.07) is 28.8. The van der Waals surface area contributed by atoms with Crippen LogP contribution < -0.4 is 5.32 Å². The van der Waals surface area contributed by atoms with Crippen LogP contribution in [0.1, 0.15) is 29.7 Å². The summed E-state index contributed by atoms with van der Waals surface area (Å²) in [6.45, 7) is 4.60. The highest BCUT2D eigenvalue weighted by atomic mass is 16.2. The van der Waals surface area contributed by atoms with Gasteiger partial charge in [-0.3, -0.25) is 14.5 Å². The molecular formula is C27H29N3O2. The lowest BCUT2D eigenvalue weighted by Crippen LogP contribution is -2.50. The van der Waals surface area contributed by atoms with E-state index >= 15 is 0 Å². The van der Waals surface area contributed by atoms with Crippen LogP contribution in [0.5, 0.6) is 0 Å². The lowest BCUT2D eigenvalue weighted by molar-refractivity contribution is -0.132. The van der Waals surface area contributed by atoms with E-state index in [1.165, 1.54) is 18.1 Å². The lowest BCUT2D eigenvalue weighted by atomic mass is 9.96. The molecule has 0 spiro atoms. The molecule has 0 atom stereocenters. The van der Waals surface area contributed by atoms with Gasteiger partial charge in [0.05, 0.1) is 12.5 Å². The minimum Gasteiger partial charge on any atom is -0.340 e. The first-order valence-electron chi connectivity index (χ1n) is 11.1. The fourth-order valence-electron chi connectivity index (χ4n) is 4.31. The molecule has 1 saturated heterocycles. The maximum atomic E-state index is 12.9. The molecule has 0 bridgehead atoms. The van der Waals surface area contributed by atoms with Gasteiger partial charge in [0, 0.05) is 38.8 Å². The molecule has 0 aromatic heterocycles. The molecular weight excluding hydrogens is 398 g/mol. The van der Waals surface area contributed by atoms with Gasteiger partial charge in [0.25, 0.3) is 0 Å². The summed E-state index contributed by atoms with van der Waals surface area (Å²) >= 11 is 0. The highest BCUT2D eigenvalue weighted by Gasteiger charge is 2.28. The van der Waals surface area contributed by atoms with Gasteiger partial charge in [-0.15, -0.1) is 0 Å². The lowest BCUT2D eigenvalue weighted by Gasteiger charge is -2.40. The van der Waals surface area contributed by atoms with Gasteiger partial charge in [-0.05, 0) is 28.8 Å². The number of benzene rings is 3. The molecule has 2 amide bonds. The van der Waals surface area contributed by atoms with Crippen LogP contribution in [0, 0.1) is 0 Å². The average molecular weight is 428 g/mol. The van der Waals surface area contributed by atoms with Gasteiger partial charge in [-0.1, -0.05) is 72.8 Å². The van der Waals surface area contributed by atoms with Crippen molar-refractivity contribution in [3.8, 4) is 0 Å². The Morgan fingerprint density at radius 2 is 1.31 bits per heavy atom. The standard InChI is InChI=1S/C27H29N3O2/c1-21(31)28-25-14-12-22(13-15-25)20-26(32)29-16-18-30(19-17-29)27(23-8-4-2-5-9-23)24-10-6-3-7-11-24/h2-15,27H,16-20H2,1H3,(H,28,31). The van der Waals surface area contributed by atoms with Crippen LogP contribution in [0.2, 0.25) is 0 Å². The number of carbonyl (C=O) groups excluding carboxylic acids is 2. The maximum Gasteiger partial charge on any atom is 0.227 e. The third-order valence-electron chi connectivity index (χ3n) is 5.89. The molecule has 1 N–H and O–H groups in total. The number of nitrogens with zero attached hydrogens (tertiary/aromatic N) is 2. The second-order valence-corrected chi connectivity index (χ2v) is 8.20. The van der Waals surface area contributed by atoms with Gasteiger partial charge in [0.1, 0.15) is 0 Å². The number of rotatable bonds is 6. The Labute approximate surface area is 189 Å². The number of hydrogen-bond donors (Lipinski definition) is 1. The number of carbonyl (C=O) groups is 2. The Kier molecular flexibility index (Phi) is 6.97. The first-order chi connectivity index (χ1) is 15.6. The van der Waals surface area contributed by atoms with Gasteiger partial charge in [0.2, 0.25) is 11.8 Å². The largest absolute Gasteiger partial charge is 0.340 e. The molecule has 164 valence electrons. The molecule has 3 aromatic carbocycles. The summed E-state index contributed by atoms with van der Waals surface area (Å²) in [6.07, 6.45) is 0.376. The fourth-order valence-corrected chi connectivity index (χ4v) is 4.31. The van der Waals surface area contributed by atoms with Crippen molar-refractivity contribution >= 4 is 17.5 Å². The third-order valence-corrected chi connectivity index (χ3v) is 5.89. The number of anilines is 1. The molecule has 1 heterocycles. The van der Waals surface area contributed by atoms with Gasteiger partial charge in [-0.25, -0.2) is 0 Å². The predicted octanol–water partition coefficient (Wildman–Crippen LogP) is 4.12. The molecule has 4 rings (SSSR count). The Balaban J connectivity index is 1.39. The summed E-state index contributed by atoms with van der Waals surface area (Å²) in [5, 5.41) is 2.75. The van der Waals surface area contributed by atoms with Crippen molar-refractivity contribution in [3.63, 3.8) is 0 Å². The second kappa shape index (κ2) is 10.2. The van der Waals surface area contributed by atoms with Crippen LogP contribution in [-0.2, 0) is 16.0 Å². The van der Waals surface area contributed by atoms with E-state index in [9.17, 15) is 9.59 Å². The van der Waals surface area contributed by atoms with E-state index in [1.807, 2.05) is 41.3 Å². The fraction of sp³-hybridized carbons (Fsp3) is 0.259. The first kappa shape index (κ1) is 21.8. The highest BCUT2D eigenvalue weighted by molar-refractivity contribution is 5.88. The number of hydrogen-bond acceptors (Lipinski definition) is 3. The Morgan fingerprint density at radius 1 is 0.781 bits per heavy atom. The minimum atomic E-state index is -0.101. The molecule has 1 aliphatic rings. The molecule has 3 aromatic rings. The van der Waals surface area contributed by atoms with Gasteiger partial charge in [-0.2, -0.15) is 0 Å². The molecule has 5 heteroatoms. The molecule has 32 heavy (non-hydrogen) atoms. The summed E-state index contributed by atoms with van der Waals surface area (Å²) in [4.78, 5) is 28.5. The van der Waals surface area contributed by atoms with E-state index < -0.39 is 0 Å². The zero-order chi connectivity index (χ0) is 22.3. The molecule has 0 radical (unpaired) electrons. The van der Waals surface area contributed by atoms with E-state index in [4.69, 9.17) is 0 Å². The molecule has 0 aliphatic carbocycles. The van der Waals surface area contributed by atoms with E-state index in [2.05, 4.69) is 58.7 Å². The summed E-state index contributed by atoms with van der Waals surface area (Å²) in [5.74, 6) is 0.0453. The van der Waals surface area contributed by atoms with Crippen LogP contribution in [0.25, 0.3) is 0 Å². The van der Waals surface area contributed by atoms with E-state index in [0.29, 0.717) is 6.42 Å². The maximum absolute atomic E-state index is 12.9. The van der Waals surface area contributed by atoms with Gasteiger partial charge in [0.15, 0.2) is 0 Å². The Hall–Kier alpha value is -3.44. The smallest absolute Gasteiger partial charge is 0.227 e. The summed E-state index contributed by atoms with van der Waals surface area (Å²) < 4.78 is 0. The normalized spacial score (nSPS) is 14.4. The highest BCUT2D eigenvalue weighted by Crippen LogP contribution is 2.29. The molecule has 0 saturated carbocycles. The summed E-state index contributed by atoms with van der Waals surface area (Å²) in [5.41, 5.74) is 4.25. The van der Waals surface area contributed by atoms with Crippen molar-refractivity contribution in [1.82, 2.24) is 9.80 Å². The Morgan fingerprint density at radius 3 is 1.81 bits per heavy atom. The van der Waals surface area contributed by atoms with Gasteiger partial charge < -0.3 is 10.2 Å². The molecule has 5 nitrogen and oxygen atoms in total. The van der Waals surface area contributed by atoms with Crippen LogP contribution in [0.15, 0.2) is 84.9 Å². The SMILES string of the molecule is CC(=O)Nc1ccc(CC(=O)N2CCN(C(c3ccccc3)c3ccccc3)CC2)cc1. The predicted molar refractivity (Wildman–Crippen MR) is 127 cm³/mol. The van der Waals surface area contributed by atoms with E-state index in [-0.39, 0.29) is 17.9 Å². The second-order valence-electron chi connectivity index (χ2n) is 8.20. The summed E-state index contributed by atoms with van der Waals surface area (Å²) in [7, 11) is 0. The van der Waals surface area contributed by atoms with E-state index in [1.54, 1.807) is 0 Å². The molecule has 1 aliphatic heterocycles. The van der Waals surface area contributed by atoms with Crippen LogP contribution in [0.3, 0.4) is 0 Å². The Bertz CT molecular complexity index is 988. The zero-order valence-electron chi connectivity index (χ0n) is 18.4. The minimum absolute atomic E-state index is 0.101. The zero-order valence-corrected chi connectivity index (χ0v) is 18.4. The number of piperazine rings is 1. The molecule has 1 fully saturated rings. The third kappa shape index (κ3) is 5.42. The topological polar surface area (TPSA) is 52.7 Å². The van der Waals surface area contributed by atoms with Crippen LogP contribution >= 0.6 is 0 Å². The van der Waals surface area contributed by atoms with Crippen LogP contribution in [-0.4, -0.2) is 47.8 Å². The monoisotopic (exact) mass is 427 g/mol. The molecule has 0 unspecified atom stereocenters. The number of amides is 2. The van der Waals surface area contributed by atoms with Crippen molar-refractivity contribution < 1.29 is 9.59 Å². The van der Waals surface area contributed by atoms with Crippen molar-refractivity contribution in [1.29, 1.82) is 0 Å².